The number of amides is 2. The van der Waals surface area contributed by atoms with Crippen LogP contribution in [0.5, 0.6) is 0 Å². The molecule has 0 radical (unpaired) electrons. The third-order valence-corrected chi connectivity index (χ3v) is 3.98. The average Bonchev–Trinajstić information content (AvgIpc) is 3.13. The van der Waals surface area contributed by atoms with Gasteiger partial charge >= 0.3 is 12.0 Å². The molecule has 2 fully saturated rings. The van der Waals surface area contributed by atoms with Gasteiger partial charge in [0.2, 0.25) is 0 Å². The molecule has 2 aliphatic carbocycles. The van der Waals surface area contributed by atoms with Crippen molar-refractivity contribution in [3.05, 3.63) is 0 Å². The number of urea groups is 1. The van der Waals surface area contributed by atoms with Crippen molar-refractivity contribution in [1.82, 2.24) is 10.2 Å². The van der Waals surface area contributed by atoms with Crippen LogP contribution in [-0.4, -0.2) is 41.6 Å². The van der Waals surface area contributed by atoms with Crippen molar-refractivity contribution in [3.8, 4) is 0 Å². The van der Waals surface area contributed by atoms with Crippen LogP contribution in [0.15, 0.2) is 0 Å². The van der Waals surface area contributed by atoms with Crippen LogP contribution >= 0.6 is 0 Å². The van der Waals surface area contributed by atoms with Gasteiger partial charge in [-0.15, -0.1) is 0 Å². The summed E-state index contributed by atoms with van der Waals surface area (Å²) in [5, 5.41) is 11.9. The molecular weight excluding hydrogens is 232 g/mol. The fourth-order valence-electron chi connectivity index (χ4n) is 2.54. The first-order chi connectivity index (χ1) is 8.56. The number of carboxylic acid groups (broad SMARTS) is 1. The van der Waals surface area contributed by atoms with Crippen LogP contribution in [-0.2, 0) is 4.79 Å². The third kappa shape index (κ3) is 3.62. The van der Waals surface area contributed by atoms with E-state index in [2.05, 4.69) is 5.32 Å². The molecule has 2 saturated carbocycles. The molecular formula is C13H22N2O3. The molecule has 0 unspecified atom stereocenters. The zero-order chi connectivity index (χ0) is 13.1. The summed E-state index contributed by atoms with van der Waals surface area (Å²) in [7, 11) is 1.83. The minimum atomic E-state index is -0.703. The SMILES string of the molecule is CN(CC1CC1)C(=O)NC1CCC(C(=O)O)CC1. The lowest BCUT2D eigenvalue weighted by Gasteiger charge is -2.28. The van der Waals surface area contributed by atoms with Crippen molar-refractivity contribution in [2.24, 2.45) is 11.8 Å². The van der Waals surface area contributed by atoms with Gasteiger partial charge in [0.1, 0.15) is 0 Å². The second-order valence-electron chi connectivity index (χ2n) is 5.66. The lowest BCUT2D eigenvalue weighted by molar-refractivity contribution is -0.142. The maximum Gasteiger partial charge on any atom is 0.317 e. The number of carbonyl (C=O) groups is 2. The van der Waals surface area contributed by atoms with Crippen molar-refractivity contribution in [1.29, 1.82) is 0 Å². The Morgan fingerprint density at radius 2 is 1.78 bits per heavy atom. The predicted molar refractivity (Wildman–Crippen MR) is 67.3 cm³/mol. The van der Waals surface area contributed by atoms with E-state index in [9.17, 15) is 9.59 Å². The van der Waals surface area contributed by atoms with Crippen molar-refractivity contribution in [2.45, 2.75) is 44.6 Å². The number of hydrogen-bond donors (Lipinski definition) is 2. The van der Waals surface area contributed by atoms with Crippen LogP contribution in [0.4, 0.5) is 4.79 Å². The van der Waals surface area contributed by atoms with Crippen LogP contribution in [0.25, 0.3) is 0 Å². The number of nitrogens with one attached hydrogen (secondary N) is 1. The molecule has 5 heteroatoms. The Kier molecular flexibility index (Phi) is 4.09. The number of carbonyl (C=O) groups excluding carboxylic acids is 1. The van der Waals surface area contributed by atoms with Crippen LogP contribution in [0.3, 0.4) is 0 Å². The topological polar surface area (TPSA) is 69.6 Å². The van der Waals surface area contributed by atoms with E-state index in [0.717, 1.165) is 19.4 Å². The molecule has 0 bridgehead atoms. The first-order valence-corrected chi connectivity index (χ1v) is 6.80. The molecule has 2 amide bonds. The summed E-state index contributed by atoms with van der Waals surface area (Å²) in [6.07, 6.45) is 5.38. The Bertz CT molecular complexity index is 320. The third-order valence-electron chi connectivity index (χ3n) is 3.98. The van der Waals surface area contributed by atoms with E-state index in [-0.39, 0.29) is 18.0 Å². The molecule has 2 N–H and O–H groups in total. The van der Waals surface area contributed by atoms with E-state index < -0.39 is 5.97 Å². The highest BCUT2D eigenvalue weighted by molar-refractivity contribution is 5.74. The molecule has 0 saturated heterocycles. The largest absolute Gasteiger partial charge is 0.481 e. The fourth-order valence-corrected chi connectivity index (χ4v) is 2.54. The van der Waals surface area contributed by atoms with E-state index in [1.54, 1.807) is 4.90 Å². The van der Waals surface area contributed by atoms with Crippen LogP contribution in [0.2, 0.25) is 0 Å². The van der Waals surface area contributed by atoms with Crippen molar-refractivity contribution < 1.29 is 14.7 Å². The molecule has 102 valence electrons. The van der Waals surface area contributed by atoms with Gasteiger partial charge < -0.3 is 15.3 Å². The summed E-state index contributed by atoms with van der Waals surface area (Å²) in [5.74, 6) is -0.225. The normalized spacial score (nSPS) is 27.6. The van der Waals surface area contributed by atoms with Crippen LogP contribution in [0, 0.1) is 11.8 Å². The maximum absolute atomic E-state index is 11.9. The Morgan fingerprint density at radius 3 is 2.28 bits per heavy atom. The Hall–Kier alpha value is -1.26. The van der Waals surface area contributed by atoms with Gasteiger partial charge in [-0.05, 0) is 44.4 Å². The number of rotatable bonds is 4. The number of carboxylic acids is 1. The summed E-state index contributed by atoms with van der Waals surface area (Å²) < 4.78 is 0. The standard InChI is InChI=1S/C13H22N2O3/c1-15(8-9-2-3-9)13(18)14-11-6-4-10(5-7-11)12(16)17/h9-11H,2-8H2,1H3,(H,14,18)(H,16,17). The molecule has 0 spiro atoms. The fraction of sp³-hybridized carbons (Fsp3) is 0.846. The summed E-state index contributed by atoms with van der Waals surface area (Å²) in [4.78, 5) is 24.5. The highest BCUT2D eigenvalue weighted by Gasteiger charge is 2.29. The summed E-state index contributed by atoms with van der Waals surface area (Å²) in [6.45, 7) is 0.844. The maximum atomic E-state index is 11.9. The number of hydrogen-bond acceptors (Lipinski definition) is 2. The summed E-state index contributed by atoms with van der Waals surface area (Å²) in [5.41, 5.74) is 0. The summed E-state index contributed by atoms with van der Waals surface area (Å²) >= 11 is 0. The number of nitrogens with zero attached hydrogens (tertiary/aromatic N) is 1. The second kappa shape index (κ2) is 5.59. The quantitative estimate of drug-likeness (QED) is 0.802. The van der Waals surface area contributed by atoms with Crippen molar-refractivity contribution in [3.63, 3.8) is 0 Å². The first kappa shape index (κ1) is 13.2. The molecule has 18 heavy (non-hydrogen) atoms. The molecule has 0 aromatic heterocycles. The lowest BCUT2D eigenvalue weighted by atomic mass is 9.86. The number of aliphatic carboxylic acids is 1. The van der Waals surface area contributed by atoms with E-state index in [4.69, 9.17) is 5.11 Å². The monoisotopic (exact) mass is 254 g/mol. The Morgan fingerprint density at radius 1 is 1.17 bits per heavy atom. The molecule has 0 atom stereocenters. The van der Waals surface area contributed by atoms with Crippen molar-refractivity contribution in [2.75, 3.05) is 13.6 Å². The Labute approximate surface area is 108 Å². The zero-order valence-electron chi connectivity index (χ0n) is 10.9. The van der Waals surface area contributed by atoms with Gasteiger partial charge in [0, 0.05) is 19.6 Å². The van der Waals surface area contributed by atoms with Gasteiger partial charge in [-0.3, -0.25) is 4.79 Å². The van der Waals surface area contributed by atoms with Gasteiger partial charge in [-0.2, -0.15) is 0 Å². The molecule has 2 rings (SSSR count). The predicted octanol–water partition coefficient (Wildman–Crippen LogP) is 1.68. The second-order valence-corrected chi connectivity index (χ2v) is 5.66. The lowest BCUT2D eigenvalue weighted by Crippen LogP contribution is -2.45. The van der Waals surface area contributed by atoms with Crippen LogP contribution < -0.4 is 5.32 Å². The highest BCUT2D eigenvalue weighted by Crippen LogP contribution is 2.29. The summed E-state index contributed by atoms with van der Waals surface area (Å²) in [6, 6.07) is 0.135. The van der Waals surface area contributed by atoms with E-state index in [0.29, 0.717) is 18.8 Å². The van der Waals surface area contributed by atoms with E-state index in [1.807, 2.05) is 7.05 Å². The molecule has 5 nitrogen and oxygen atoms in total. The zero-order valence-corrected chi connectivity index (χ0v) is 10.9. The average molecular weight is 254 g/mol. The first-order valence-electron chi connectivity index (χ1n) is 6.80. The van der Waals surface area contributed by atoms with E-state index >= 15 is 0 Å². The Balaban J connectivity index is 1.70. The van der Waals surface area contributed by atoms with Crippen molar-refractivity contribution >= 4 is 12.0 Å². The van der Waals surface area contributed by atoms with Crippen LogP contribution in [0.1, 0.15) is 38.5 Å². The van der Waals surface area contributed by atoms with E-state index in [1.165, 1.54) is 12.8 Å². The van der Waals surface area contributed by atoms with Gasteiger partial charge in [0.05, 0.1) is 5.92 Å². The minimum absolute atomic E-state index is 0.0133. The minimum Gasteiger partial charge on any atom is -0.481 e. The van der Waals surface area contributed by atoms with Gasteiger partial charge in [-0.25, -0.2) is 4.79 Å². The van der Waals surface area contributed by atoms with Gasteiger partial charge in [0.15, 0.2) is 0 Å². The molecule has 0 heterocycles. The van der Waals surface area contributed by atoms with Gasteiger partial charge in [-0.1, -0.05) is 0 Å². The smallest absolute Gasteiger partial charge is 0.317 e. The molecule has 0 aliphatic heterocycles. The molecule has 2 aliphatic rings. The highest BCUT2D eigenvalue weighted by atomic mass is 16.4. The molecule has 0 aromatic carbocycles. The molecule has 0 aromatic rings. The van der Waals surface area contributed by atoms with Gasteiger partial charge in [0.25, 0.3) is 0 Å².